The van der Waals surface area contributed by atoms with Gasteiger partial charge < -0.3 is 4.74 Å². The summed E-state index contributed by atoms with van der Waals surface area (Å²) in [6.07, 6.45) is 0. The number of rotatable bonds is 1. The first-order valence-corrected chi connectivity index (χ1v) is 4.09. The van der Waals surface area contributed by atoms with E-state index in [1.165, 1.54) is 7.11 Å². The van der Waals surface area contributed by atoms with E-state index in [1.54, 1.807) is 6.92 Å². The van der Waals surface area contributed by atoms with Gasteiger partial charge in [-0.15, -0.1) is 0 Å². The lowest BCUT2D eigenvalue weighted by Crippen LogP contribution is -2.08. The summed E-state index contributed by atoms with van der Waals surface area (Å²) in [5.41, 5.74) is 0.471. The second kappa shape index (κ2) is 3.89. The van der Waals surface area contributed by atoms with Gasteiger partial charge >= 0.3 is 5.97 Å². The molecule has 0 aliphatic carbocycles. The molecule has 4 nitrogen and oxygen atoms in total. The lowest BCUT2D eigenvalue weighted by Gasteiger charge is -2.02. The fourth-order valence-electron chi connectivity index (χ4n) is 0.762. The van der Waals surface area contributed by atoms with E-state index in [0.717, 1.165) is 0 Å². The second-order valence-electron chi connectivity index (χ2n) is 2.23. The highest BCUT2D eigenvalue weighted by Crippen LogP contribution is 2.18. The number of nitrogens with zero attached hydrogens (tertiary/aromatic N) is 2. The zero-order valence-electron chi connectivity index (χ0n) is 6.97. The molecule has 0 saturated carbocycles. The Labute approximate surface area is 84.8 Å². The third kappa shape index (κ3) is 2.08. The third-order valence-electron chi connectivity index (χ3n) is 1.37. The van der Waals surface area contributed by atoms with E-state index in [4.69, 9.17) is 23.2 Å². The standard InChI is InChI=1S/C7H6Cl2N2O2/c1-3-4(7(12)13-2)11-6(9)5(8)10-3/h1-2H3. The van der Waals surface area contributed by atoms with Crippen molar-refractivity contribution >= 4 is 29.2 Å². The summed E-state index contributed by atoms with van der Waals surface area (Å²) in [6.45, 7) is 1.60. The van der Waals surface area contributed by atoms with E-state index in [0.29, 0.717) is 5.69 Å². The van der Waals surface area contributed by atoms with E-state index in [2.05, 4.69) is 14.7 Å². The van der Waals surface area contributed by atoms with Gasteiger partial charge in [-0.2, -0.15) is 0 Å². The molecule has 0 spiro atoms. The van der Waals surface area contributed by atoms with Gasteiger partial charge in [-0.3, -0.25) is 0 Å². The van der Waals surface area contributed by atoms with Crippen LogP contribution in [0, 0.1) is 6.92 Å². The van der Waals surface area contributed by atoms with Crippen molar-refractivity contribution in [3.63, 3.8) is 0 Å². The van der Waals surface area contributed by atoms with Gasteiger partial charge in [-0.1, -0.05) is 23.2 Å². The molecule has 0 aliphatic heterocycles. The van der Waals surface area contributed by atoms with Gasteiger partial charge in [-0.05, 0) is 6.92 Å². The van der Waals surface area contributed by atoms with E-state index in [-0.39, 0.29) is 16.0 Å². The van der Waals surface area contributed by atoms with Crippen LogP contribution in [0.3, 0.4) is 0 Å². The molecular formula is C7H6Cl2N2O2. The van der Waals surface area contributed by atoms with Crippen LogP contribution in [0.5, 0.6) is 0 Å². The van der Waals surface area contributed by atoms with Gasteiger partial charge in [0.2, 0.25) is 0 Å². The molecule has 0 unspecified atom stereocenters. The molecule has 0 saturated heterocycles. The molecule has 0 N–H and O–H groups in total. The largest absolute Gasteiger partial charge is 0.464 e. The van der Waals surface area contributed by atoms with Gasteiger partial charge in [0.1, 0.15) is 0 Å². The number of hydrogen-bond acceptors (Lipinski definition) is 4. The minimum Gasteiger partial charge on any atom is -0.464 e. The summed E-state index contributed by atoms with van der Waals surface area (Å²) in [5.74, 6) is -0.580. The van der Waals surface area contributed by atoms with Gasteiger partial charge in [-0.25, -0.2) is 14.8 Å². The number of halogens is 2. The minimum atomic E-state index is -0.580. The summed E-state index contributed by atoms with van der Waals surface area (Å²) in [6, 6.07) is 0. The predicted molar refractivity (Wildman–Crippen MR) is 48.1 cm³/mol. The van der Waals surface area contributed by atoms with Crippen LogP contribution >= 0.6 is 23.2 Å². The number of aromatic nitrogens is 2. The number of esters is 1. The monoisotopic (exact) mass is 220 g/mol. The highest BCUT2D eigenvalue weighted by Gasteiger charge is 2.15. The van der Waals surface area contributed by atoms with Crippen LogP contribution in [-0.2, 0) is 4.74 Å². The van der Waals surface area contributed by atoms with E-state index in [1.807, 2.05) is 0 Å². The number of ether oxygens (including phenoxy) is 1. The quantitative estimate of drug-likeness (QED) is 0.679. The van der Waals surface area contributed by atoms with Crippen LogP contribution < -0.4 is 0 Å². The van der Waals surface area contributed by atoms with Crippen molar-refractivity contribution in [2.75, 3.05) is 7.11 Å². The Morgan fingerprint density at radius 2 is 1.85 bits per heavy atom. The minimum absolute atomic E-state index is 0.00679. The number of methoxy groups -OCH3 is 1. The Bertz CT molecular complexity index is 355. The molecule has 0 fully saturated rings. The topological polar surface area (TPSA) is 52.1 Å². The van der Waals surface area contributed by atoms with Crippen molar-refractivity contribution in [3.8, 4) is 0 Å². The Balaban J connectivity index is 3.23. The third-order valence-corrected chi connectivity index (χ3v) is 1.99. The molecule has 1 aromatic heterocycles. The Morgan fingerprint density at radius 3 is 2.38 bits per heavy atom. The van der Waals surface area contributed by atoms with Crippen LogP contribution in [0.25, 0.3) is 0 Å². The van der Waals surface area contributed by atoms with Gasteiger partial charge in [0.15, 0.2) is 16.0 Å². The van der Waals surface area contributed by atoms with Crippen molar-refractivity contribution in [1.29, 1.82) is 0 Å². The molecule has 13 heavy (non-hydrogen) atoms. The normalized spacial score (nSPS) is 9.85. The molecule has 0 amide bonds. The fraction of sp³-hybridized carbons (Fsp3) is 0.286. The van der Waals surface area contributed by atoms with Crippen LogP contribution in [0.15, 0.2) is 0 Å². The van der Waals surface area contributed by atoms with Crippen LogP contribution in [0.2, 0.25) is 10.3 Å². The molecule has 0 atom stereocenters. The first kappa shape index (κ1) is 10.2. The molecule has 1 heterocycles. The van der Waals surface area contributed by atoms with Crippen LogP contribution in [-0.4, -0.2) is 23.0 Å². The summed E-state index contributed by atoms with van der Waals surface area (Å²) in [4.78, 5) is 18.6. The van der Waals surface area contributed by atoms with Gasteiger partial charge in [0.25, 0.3) is 0 Å². The molecule has 70 valence electrons. The molecular weight excluding hydrogens is 215 g/mol. The summed E-state index contributed by atoms with van der Waals surface area (Å²) in [5, 5.41) is 0.0690. The smallest absolute Gasteiger partial charge is 0.358 e. The molecule has 1 aromatic rings. The SMILES string of the molecule is COC(=O)c1nc(Cl)c(Cl)nc1C. The van der Waals surface area contributed by atoms with E-state index >= 15 is 0 Å². The maximum atomic E-state index is 11.1. The predicted octanol–water partition coefficient (Wildman–Crippen LogP) is 1.88. The van der Waals surface area contributed by atoms with Crippen molar-refractivity contribution in [2.45, 2.75) is 6.92 Å². The highest BCUT2D eigenvalue weighted by atomic mass is 35.5. The average molecular weight is 221 g/mol. The number of carbonyl (C=O) groups excluding carboxylic acids is 1. The van der Waals surface area contributed by atoms with Crippen molar-refractivity contribution < 1.29 is 9.53 Å². The zero-order chi connectivity index (χ0) is 10.0. The van der Waals surface area contributed by atoms with E-state index in [9.17, 15) is 4.79 Å². The molecule has 0 radical (unpaired) electrons. The van der Waals surface area contributed by atoms with Crippen LogP contribution in [0.4, 0.5) is 0 Å². The molecule has 0 aliphatic rings. The number of aryl methyl sites for hydroxylation is 1. The van der Waals surface area contributed by atoms with Crippen molar-refractivity contribution in [2.24, 2.45) is 0 Å². The Morgan fingerprint density at radius 1 is 1.31 bits per heavy atom. The summed E-state index contributed by atoms with van der Waals surface area (Å²) < 4.78 is 4.47. The molecule has 0 aromatic carbocycles. The molecule has 1 rings (SSSR count). The van der Waals surface area contributed by atoms with Crippen molar-refractivity contribution in [1.82, 2.24) is 9.97 Å². The van der Waals surface area contributed by atoms with Gasteiger partial charge in [0, 0.05) is 0 Å². The Hall–Kier alpha value is -0.870. The summed E-state index contributed by atoms with van der Waals surface area (Å²) in [7, 11) is 1.26. The summed E-state index contributed by atoms with van der Waals surface area (Å²) >= 11 is 11.1. The average Bonchev–Trinajstić information content (AvgIpc) is 2.10. The molecule has 0 bridgehead atoms. The van der Waals surface area contributed by atoms with Gasteiger partial charge in [0.05, 0.1) is 12.8 Å². The van der Waals surface area contributed by atoms with Crippen molar-refractivity contribution in [3.05, 3.63) is 21.7 Å². The second-order valence-corrected chi connectivity index (χ2v) is 2.95. The Kier molecular flexibility index (Phi) is 3.06. The number of carbonyl (C=O) groups is 1. The fourth-order valence-corrected chi connectivity index (χ4v) is 1.06. The lowest BCUT2D eigenvalue weighted by atomic mass is 10.3. The molecule has 6 heteroatoms. The lowest BCUT2D eigenvalue weighted by molar-refractivity contribution is 0.0592. The highest BCUT2D eigenvalue weighted by molar-refractivity contribution is 6.40. The first-order chi connectivity index (χ1) is 6.06. The number of hydrogen-bond donors (Lipinski definition) is 0. The first-order valence-electron chi connectivity index (χ1n) is 3.34. The van der Waals surface area contributed by atoms with Crippen LogP contribution in [0.1, 0.15) is 16.2 Å². The maximum absolute atomic E-state index is 11.1. The maximum Gasteiger partial charge on any atom is 0.358 e. The zero-order valence-corrected chi connectivity index (χ0v) is 8.48. The van der Waals surface area contributed by atoms with E-state index < -0.39 is 5.97 Å².